The van der Waals surface area contributed by atoms with Crippen LogP contribution in [0.5, 0.6) is 0 Å². The predicted octanol–water partition coefficient (Wildman–Crippen LogP) is 5.50. The summed E-state index contributed by atoms with van der Waals surface area (Å²) >= 11 is 0. The molecule has 0 saturated carbocycles. The van der Waals surface area contributed by atoms with Crippen LogP contribution >= 0.6 is 0 Å². The largest absolute Gasteiger partial charge is 0.447 e. The molecule has 0 radical (unpaired) electrons. The van der Waals surface area contributed by atoms with Gasteiger partial charge in [-0.05, 0) is 35.7 Å². The fourth-order valence-corrected chi connectivity index (χ4v) is 5.83. The van der Waals surface area contributed by atoms with E-state index in [1.54, 1.807) is 12.2 Å². The van der Waals surface area contributed by atoms with E-state index in [1.807, 2.05) is 60.7 Å². The van der Waals surface area contributed by atoms with Gasteiger partial charge in [-0.2, -0.15) is 13.2 Å². The van der Waals surface area contributed by atoms with Gasteiger partial charge in [0.25, 0.3) is 0 Å². The molecule has 0 unspecified atom stereocenters. The normalized spacial score (nSPS) is 20.6. The second kappa shape index (κ2) is 13.0. The number of β-lactam (4-membered cyclic amide) rings is 1. The molecule has 2 fully saturated rings. The van der Waals surface area contributed by atoms with E-state index in [0.29, 0.717) is 0 Å². The van der Waals surface area contributed by atoms with Gasteiger partial charge in [0, 0.05) is 20.0 Å². The average molecular weight is 620 g/mol. The summed E-state index contributed by atoms with van der Waals surface area (Å²) in [6.07, 6.45) is -2.04. The molecule has 4 atom stereocenters. The third-order valence-electron chi connectivity index (χ3n) is 7.98. The molecule has 45 heavy (non-hydrogen) atoms. The highest BCUT2D eigenvalue weighted by molar-refractivity contribution is 5.99. The highest BCUT2D eigenvalue weighted by atomic mass is 19.4. The maximum Gasteiger partial charge on any atom is 0.416 e. The number of ketones is 1. The van der Waals surface area contributed by atoms with Gasteiger partial charge in [0.2, 0.25) is 11.8 Å². The van der Waals surface area contributed by atoms with Gasteiger partial charge in [-0.25, -0.2) is 4.79 Å². The fraction of sp³-hybridized carbons (Fsp3) is 0.294. The molecule has 0 aromatic heterocycles. The SMILES string of the molecule is CC(=O)C[C@H](C(=O)N(C)Cc1cccc(C(F)(F)F)c1)N1C(=O)[C@@H](N2C(=O)OC[C@@H]2c2ccccc2)[C@H]1/C=C/c1ccccc1. The van der Waals surface area contributed by atoms with Crippen LogP contribution in [0.25, 0.3) is 6.08 Å². The molecule has 2 aliphatic rings. The van der Waals surface area contributed by atoms with Crippen LogP contribution in [0.1, 0.15) is 41.6 Å². The van der Waals surface area contributed by atoms with E-state index >= 15 is 0 Å². The highest BCUT2D eigenvalue weighted by Crippen LogP contribution is 2.39. The maximum absolute atomic E-state index is 14.0. The van der Waals surface area contributed by atoms with Crippen molar-refractivity contribution in [1.29, 1.82) is 0 Å². The van der Waals surface area contributed by atoms with E-state index in [4.69, 9.17) is 4.74 Å². The number of hydrogen-bond donors (Lipinski definition) is 0. The molecule has 3 aromatic rings. The number of hydrogen-bond acceptors (Lipinski definition) is 5. The zero-order valence-corrected chi connectivity index (χ0v) is 24.7. The summed E-state index contributed by atoms with van der Waals surface area (Å²) in [5, 5.41) is 0. The van der Waals surface area contributed by atoms with Crippen LogP contribution in [0.15, 0.2) is 91.0 Å². The Labute approximate surface area is 258 Å². The van der Waals surface area contributed by atoms with Crippen LogP contribution in [-0.4, -0.2) is 70.2 Å². The van der Waals surface area contributed by atoms with Crippen LogP contribution in [0.4, 0.5) is 18.0 Å². The van der Waals surface area contributed by atoms with Gasteiger partial charge in [0.15, 0.2) is 0 Å². The minimum atomic E-state index is -4.55. The van der Waals surface area contributed by atoms with Gasteiger partial charge >= 0.3 is 12.3 Å². The number of amides is 3. The maximum atomic E-state index is 14.0. The van der Waals surface area contributed by atoms with Crippen molar-refractivity contribution in [1.82, 2.24) is 14.7 Å². The van der Waals surface area contributed by atoms with E-state index in [2.05, 4.69) is 0 Å². The number of halogens is 3. The van der Waals surface area contributed by atoms with Crippen molar-refractivity contribution in [2.75, 3.05) is 13.7 Å². The van der Waals surface area contributed by atoms with Gasteiger partial charge in [0.05, 0.1) is 17.6 Å². The summed E-state index contributed by atoms with van der Waals surface area (Å²) in [5.74, 6) is -1.51. The minimum Gasteiger partial charge on any atom is -0.447 e. The Morgan fingerprint density at radius 2 is 1.67 bits per heavy atom. The Balaban J connectivity index is 1.47. The van der Waals surface area contributed by atoms with Crippen molar-refractivity contribution >= 4 is 29.8 Å². The topological polar surface area (TPSA) is 87.2 Å². The first-order valence-corrected chi connectivity index (χ1v) is 14.4. The zero-order valence-electron chi connectivity index (χ0n) is 24.7. The molecule has 3 aromatic carbocycles. The van der Waals surface area contributed by atoms with Gasteiger partial charge in [-0.1, -0.05) is 84.9 Å². The quantitative estimate of drug-likeness (QED) is 0.280. The molecule has 2 heterocycles. The van der Waals surface area contributed by atoms with Crippen molar-refractivity contribution in [3.8, 4) is 0 Å². The summed E-state index contributed by atoms with van der Waals surface area (Å²) in [5.41, 5.74) is 0.979. The Morgan fingerprint density at radius 3 is 2.31 bits per heavy atom. The first-order valence-electron chi connectivity index (χ1n) is 14.4. The Kier molecular flexibility index (Phi) is 9.08. The molecule has 0 bridgehead atoms. The number of alkyl halides is 3. The van der Waals surface area contributed by atoms with Crippen LogP contribution < -0.4 is 0 Å². The van der Waals surface area contributed by atoms with Gasteiger partial charge in [-0.15, -0.1) is 0 Å². The lowest BCUT2D eigenvalue weighted by Gasteiger charge is -2.52. The van der Waals surface area contributed by atoms with Crippen LogP contribution in [0, 0.1) is 0 Å². The number of carbonyl (C=O) groups is 4. The number of cyclic esters (lactones) is 1. The number of likely N-dealkylation sites (tertiary alicyclic amines) is 1. The molecular weight excluding hydrogens is 587 g/mol. The second-order valence-electron chi connectivity index (χ2n) is 11.2. The van der Waals surface area contributed by atoms with Gasteiger partial charge in [-0.3, -0.25) is 19.3 Å². The van der Waals surface area contributed by atoms with Gasteiger partial charge < -0.3 is 14.5 Å². The third-order valence-corrected chi connectivity index (χ3v) is 7.98. The standard InChI is InChI=1S/C34H32F3N3O5/c1-22(41)18-28(31(42)38(2)20-24-12-9-15-26(19-24)34(35,36)37)39-27(17-16-23-10-5-3-6-11-23)30(32(39)43)40-29(21-45-33(40)44)25-13-7-4-8-14-25/h3-17,19,27-30H,18,20-21H2,1-2H3/b17-16+/t27-,28-,29-,30+/m1/s1. The summed E-state index contributed by atoms with van der Waals surface area (Å²) < 4.78 is 45.3. The van der Waals surface area contributed by atoms with Crippen LogP contribution in [-0.2, 0) is 31.8 Å². The first kappa shape index (κ1) is 31.5. The Hall–Kier alpha value is -4.93. The number of Topliss-reactive ketones (excluding diaryl/α,β-unsaturated/α-hetero) is 1. The molecule has 0 aliphatic carbocycles. The molecule has 0 N–H and O–H groups in total. The third kappa shape index (κ3) is 6.77. The van der Waals surface area contributed by atoms with Gasteiger partial charge in [0.1, 0.15) is 24.5 Å². The summed E-state index contributed by atoms with van der Waals surface area (Å²) in [6.45, 7) is 1.16. The van der Waals surface area contributed by atoms with Crippen molar-refractivity contribution in [3.63, 3.8) is 0 Å². The number of carbonyl (C=O) groups excluding carboxylic acids is 4. The Morgan fingerprint density at radius 1 is 1.00 bits per heavy atom. The molecule has 2 aliphatic heterocycles. The Bertz CT molecular complexity index is 1600. The van der Waals surface area contributed by atoms with Crippen molar-refractivity contribution < 1.29 is 37.1 Å². The second-order valence-corrected chi connectivity index (χ2v) is 11.2. The molecule has 5 rings (SSSR count). The van der Waals surface area contributed by atoms with E-state index in [-0.39, 0.29) is 30.9 Å². The molecule has 3 amide bonds. The van der Waals surface area contributed by atoms with Crippen molar-refractivity contribution in [2.45, 2.75) is 50.2 Å². The summed E-state index contributed by atoms with van der Waals surface area (Å²) in [4.78, 5) is 57.2. The van der Waals surface area contributed by atoms with Crippen molar-refractivity contribution in [2.24, 2.45) is 0 Å². The zero-order chi connectivity index (χ0) is 32.3. The van der Waals surface area contributed by atoms with Crippen LogP contribution in [0.2, 0.25) is 0 Å². The number of rotatable bonds is 10. The minimum absolute atomic E-state index is 0.0390. The number of benzene rings is 3. The lowest BCUT2D eigenvalue weighted by Crippen LogP contribution is -2.74. The predicted molar refractivity (Wildman–Crippen MR) is 159 cm³/mol. The summed E-state index contributed by atoms with van der Waals surface area (Å²) in [6, 6.07) is 19.4. The van der Waals surface area contributed by atoms with Crippen LogP contribution in [0.3, 0.4) is 0 Å². The molecule has 11 heteroatoms. The molecule has 8 nitrogen and oxygen atoms in total. The molecule has 234 valence electrons. The first-order chi connectivity index (χ1) is 21.5. The number of nitrogens with zero attached hydrogens (tertiary/aromatic N) is 3. The molecular formula is C34H32F3N3O5. The lowest BCUT2D eigenvalue weighted by atomic mass is 9.87. The van der Waals surface area contributed by atoms with Crippen molar-refractivity contribution in [3.05, 3.63) is 113 Å². The van der Waals surface area contributed by atoms with E-state index < -0.39 is 53.8 Å². The molecule has 2 saturated heterocycles. The van der Waals surface area contributed by atoms with E-state index in [0.717, 1.165) is 23.3 Å². The van der Waals surface area contributed by atoms with E-state index in [1.165, 1.54) is 40.8 Å². The number of likely N-dealkylation sites (N-methyl/N-ethyl adjacent to an activating group) is 1. The van der Waals surface area contributed by atoms with E-state index in [9.17, 15) is 32.3 Å². The molecule has 0 spiro atoms. The smallest absolute Gasteiger partial charge is 0.416 e. The fourth-order valence-electron chi connectivity index (χ4n) is 5.83. The highest BCUT2D eigenvalue weighted by Gasteiger charge is 2.58. The summed E-state index contributed by atoms with van der Waals surface area (Å²) in [7, 11) is 1.41. The number of ether oxygens (including phenoxy) is 1. The lowest BCUT2D eigenvalue weighted by molar-refractivity contribution is -0.166. The monoisotopic (exact) mass is 619 g/mol. The average Bonchev–Trinajstić information content (AvgIpc) is 3.39.